The first-order chi connectivity index (χ1) is 6.20. The number of hydrogen-bond donors (Lipinski definition) is 2. The van der Waals surface area contributed by atoms with E-state index in [0.29, 0.717) is 26.2 Å². The van der Waals surface area contributed by atoms with Crippen LogP contribution in [0.3, 0.4) is 0 Å². The Bertz CT molecular complexity index is 207. The van der Waals surface area contributed by atoms with Gasteiger partial charge in [-0.3, -0.25) is 4.79 Å². The number of primary amides is 1. The van der Waals surface area contributed by atoms with E-state index in [1.165, 1.54) is 0 Å². The SMILES string of the molecule is NC(=O)COCCN1CCNC1=O. The number of nitrogens with zero attached hydrogens (tertiary/aromatic N) is 1. The van der Waals surface area contributed by atoms with Crippen LogP contribution in [0.4, 0.5) is 4.79 Å². The van der Waals surface area contributed by atoms with Crippen LogP contribution in [0.1, 0.15) is 0 Å². The summed E-state index contributed by atoms with van der Waals surface area (Å²) in [5, 5.41) is 2.66. The minimum absolute atomic E-state index is 0.0809. The number of nitrogens with two attached hydrogens (primary N) is 1. The molecule has 74 valence electrons. The largest absolute Gasteiger partial charge is 0.370 e. The van der Waals surface area contributed by atoms with Crippen LogP contribution in [0.15, 0.2) is 0 Å². The topological polar surface area (TPSA) is 84.7 Å². The van der Waals surface area contributed by atoms with Crippen molar-refractivity contribution in [2.75, 3.05) is 32.8 Å². The zero-order chi connectivity index (χ0) is 9.68. The molecule has 0 spiro atoms. The van der Waals surface area contributed by atoms with Crippen LogP contribution < -0.4 is 11.1 Å². The van der Waals surface area contributed by atoms with Gasteiger partial charge < -0.3 is 20.7 Å². The van der Waals surface area contributed by atoms with E-state index in [1.807, 2.05) is 0 Å². The summed E-state index contributed by atoms with van der Waals surface area (Å²) >= 11 is 0. The van der Waals surface area contributed by atoms with Crippen LogP contribution in [0.5, 0.6) is 0 Å². The summed E-state index contributed by atoms with van der Waals surface area (Å²) in [7, 11) is 0. The van der Waals surface area contributed by atoms with Crippen LogP contribution in [0.2, 0.25) is 0 Å². The molecule has 3 amide bonds. The van der Waals surface area contributed by atoms with E-state index in [1.54, 1.807) is 4.90 Å². The second kappa shape index (κ2) is 4.66. The van der Waals surface area contributed by atoms with Crippen molar-refractivity contribution in [3.63, 3.8) is 0 Å². The lowest BCUT2D eigenvalue weighted by Gasteiger charge is -2.12. The molecular formula is C7H13N3O3. The van der Waals surface area contributed by atoms with Crippen molar-refractivity contribution < 1.29 is 14.3 Å². The summed E-state index contributed by atoms with van der Waals surface area (Å²) in [5.41, 5.74) is 4.86. The smallest absolute Gasteiger partial charge is 0.317 e. The fraction of sp³-hybridized carbons (Fsp3) is 0.714. The van der Waals surface area contributed by atoms with E-state index in [0.717, 1.165) is 0 Å². The van der Waals surface area contributed by atoms with Gasteiger partial charge in [-0.1, -0.05) is 0 Å². The molecule has 1 saturated heterocycles. The van der Waals surface area contributed by atoms with Crippen molar-refractivity contribution in [3.8, 4) is 0 Å². The zero-order valence-corrected chi connectivity index (χ0v) is 7.28. The van der Waals surface area contributed by atoms with E-state index in [-0.39, 0.29) is 12.6 Å². The highest BCUT2D eigenvalue weighted by molar-refractivity contribution is 5.76. The quantitative estimate of drug-likeness (QED) is 0.514. The molecule has 0 radical (unpaired) electrons. The Labute approximate surface area is 76.0 Å². The van der Waals surface area contributed by atoms with Crippen LogP contribution in [-0.2, 0) is 9.53 Å². The molecule has 0 aliphatic carbocycles. The average molecular weight is 187 g/mol. The fourth-order valence-corrected chi connectivity index (χ4v) is 1.07. The van der Waals surface area contributed by atoms with Crippen molar-refractivity contribution in [3.05, 3.63) is 0 Å². The first-order valence-corrected chi connectivity index (χ1v) is 4.09. The summed E-state index contributed by atoms with van der Waals surface area (Å²) in [6.45, 7) is 2.12. The van der Waals surface area contributed by atoms with Gasteiger partial charge in [-0.2, -0.15) is 0 Å². The Morgan fingerprint density at radius 1 is 1.69 bits per heavy atom. The van der Waals surface area contributed by atoms with E-state index in [9.17, 15) is 9.59 Å². The summed E-state index contributed by atoms with van der Waals surface area (Å²) in [4.78, 5) is 22.9. The number of urea groups is 1. The van der Waals surface area contributed by atoms with Crippen LogP contribution in [0.25, 0.3) is 0 Å². The molecule has 13 heavy (non-hydrogen) atoms. The lowest BCUT2D eigenvalue weighted by atomic mass is 10.5. The third-order valence-electron chi connectivity index (χ3n) is 1.70. The van der Waals surface area contributed by atoms with Crippen LogP contribution in [-0.4, -0.2) is 49.7 Å². The van der Waals surface area contributed by atoms with Crippen LogP contribution in [0, 0.1) is 0 Å². The predicted octanol–water partition coefficient (Wildman–Crippen LogP) is -1.49. The number of ether oxygens (including phenoxy) is 1. The predicted molar refractivity (Wildman–Crippen MR) is 45.0 cm³/mol. The summed E-state index contributed by atoms with van der Waals surface area (Å²) < 4.78 is 4.91. The summed E-state index contributed by atoms with van der Waals surface area (Å²) in [6, 6.07) is -0.0809. The maximum atomic E-state index is 11.0. The molecule has 1 aliphatic rings. The molecule has 3 N–H and O–H groups in total. The second-order valence-electron chi connectivity index (χ2n) is 2.74. The third-order valence-corrected chi connectivity index (χ3v) is 1.70. The number of carbonyl (C=O) groups excluding carboxylic acids is 2. The zero-order valence-electron chi connectivity index (χ0n) is 7.28. The normalized spacial score (nSPS) is 16.0. The molecule has 0 atom stereocenters. The van der Waals surface area contributed by atoms with E-state index >= 15 is 0 Å². The van der Waals surface area contributed by atoms with Gasteiger partial charge >= 0.3 is 6.03 Å². The molecule has 0 unspecified atom stereocenters. The number of rotatable bonds is 5. The second-order valence-corrected chi connectivity index (χ2v) is 2.74. The maximum Gasteiger partial charge on any atom is 0.317 e. The molecular weight excluding hydrogens is 174 g/mol. The Morgan fingerprint density at radius 3 is 3.00 bits per heavy atom. The molecule has 0 aromatic carbocycles. The Morgan fingerprint density at radius 2 is 2.46 bits per heavy atom. The Balaban J connectivity index is 2.05. The van der Waals surface area contributed by atoms with E-state index < -0.39 is 5.91 Å². The van der Waals surface area contributed by atoms with E-state index in [4.69, 9.17) is 10.5 Å². The summed E-state index contributed by atoms with van der Waals surface area (Å²) in [6.07, 6.45) is 0. The molecule has 1 rings (SSSR count). The number of hydrogen-bond acceptors (Lipinski definition) is 3. The Kier molecular flexibility index (Phi) is 3.51. The van der Waals surface area contributed by atoms with Gasteiger partial charge in [0.25, 0.3) is 0 Å². The van der Waals surface area contributed by atoms with Gasteiger partial charge in [-0.15, -0.1) is 0 Å². The summed E-state index contributed by atoms with van der Waals surface area (Å²) in [5.74, 6) is -0.495. The molecule has 1 aliphatic heterocycles. The van der Waals surface area contributed by atoms with E-state index in [2.05, 4.69) is 5.32 Å². The van der Waals surface area contributed by atoms with Crippen LogP contribution >= 0.6 is 0 Å². The highest BCUT2D eigenvalue weighted by atomic mass is 16.5. The molecule has 0 bridgehead atoms. The molecule has 0 saturated carbocycles. The molecule has 6 heteroatoms. The van der Waals surface area contributed by atoms with Gasteiger partial charge in [0.1, 0.15) is 6.61 Å². The monoisotopic (exact) mass is 187 g/mol. The standard InChI is InChI=1S/C7H13N3O3/c8-6(11)5-13-4-3-10-2-1-9-7(10)12/h1-5H2,(H2,8,11)(H,9,12). The van der Waals surface area contributed by atoms with Gasteiger partial charge in [0.05, 0.1) is 6.61 Å². The third kappa shape index (κ3) is 3.29. The fourth-order valence-electron chi connectivity index (χ4n) is 1.07. The number of nitrogens with one attached hydrogen (secondary N) is 1. The molecule has 1 fully saturated rings. The van der Waals surface area contributed by atoms with Crippen molar-refractivity contribution in [1.82, 2.24) is 10.2 Å². The van der Waals surface area contributed by atoms with Gasteiger partial charge in [-0.05, 0) is 0 Å². The van der Waals surface area contributed by atoms with Crippen molar-refractivity contribution >= 4 is 11.9 Å². The molecule has 0 aromatic heterocycles. The molecule has 1 heterocycles. The minimum Gasteiger partial charge on any atom is -0.370 e. The molecule has 6 nitrogen and oxygen atoms in total. The van der Waals surface area contributed by atoms with Gasteiger partial charge in [-0.25, -0.2) is 4.79 Å². The van der Waals surface area contributed by atoms with Gasteiger partial charge in [0, 0.05) is 19.6 Å². The van der Waals surface area contributed by atoms with Crippen molar-refractivity contribution in [1.29, 1.82) is 0 Å². The van der Waals surface area contributed by atoms with Gasteiger partial charge in [0.2, 0.25) is 5.91 Å². The first-order valence-electron chi connectivity index (χ1n) is 4.09. The van der Waals surface area contributed by atoms with Crippen molar-refractivity contribution in [2.45, 2.75) is 0 Å². The van der Waals surface area contributed by atoms with Crippen molar-refractivity contribution in [2.24, 2.45) is 5.73 Å². The first kappa shape index (κ1) is 9.79. The Hall–Kier alpha value is -1.30. The molecule has 0 aromatic rings. The minimum atomic E-state index is -0.495. The number of carbonyl (C=O) groups is 2. The number of amides is 3. The highest BCUT2D eigenvalue weighted by Crippen LogP contribution is 1.95. The average Bonchev–Trinajstić information content (AvgIpc) is 2.45. The maximum absolute atomic E-state index is 11.0. The lowest BCUT2D eigenvalue weighted by molar-refractivity contribution is -0.122. The van der Waals surface area contributed by atoms with Gasteiger partial charge in [0.15, 0.2) is 0 Å². The highest BCUT2D eigenvalue weighted by Gasteiger charge is 2.18. The lowest BCUT2D eigenvalue weighted by Crippen LogP contribution is -2.32.